The highest BCUT2D eigenvalue weighted by atomic mass is 16.5. The van der Waals surface area contributed by atoms with Gasteiger partial charge in [0.1, 0.15) is 5.75 Å². The van der Waals surface area contributed by atoms with E-state index in [9.17, 15) is 4.79 Å². The van der Waals surface area contributed by atoms with Crippen LogP contribution in [0.1, 0.15) is 29.3 Å². The molecule has 34 heavy (non-hydrogen) atoms. The lowest BCUT2D eigenvalue weighted by molar-refractivity contribution is -0.132. The Morgan fingerprint density at radius 3 is 2.56 bits per heavy atom. The summed E-state index contributed by atoms with van der Waals surface area (Å²) in [5, 5.41) is 12.0. The maximum atomic E-state index is 13.2. The van der Waals surface area contributed by atoms with Crippen LogP contribution < -0.4 is 10.1 Å². The average Bonchev–Trinajstić information content (AvgIpc) is 3.35. The number of hydrogen-bond acceptors (Lipinski definition) is 5. The fourth-order valence-corrected chi connectivity index (χ4v) is 4.25. The molecule has 1 aliphatic rings. The van der Waals surface area contributed by atoms with Crippen LogP contribution in [0.4, 0.5) is 0 Å². The number of rotatable bonds is 7. The maximum Gasteiger partial charge on any atom is 0.257 e. The molecule has 5 rings (SSSR count). The molecule has 4 aromatic rings. The van der Waals surface area contributed by atoms with E-state index in [1.165, 1.54) is 5.39 Å². The van der Waals surface area contributed by atoms with E-state index in [2.05, 4.69) is 40.6 Å². The van der Waals surface area contributed by atoms with E-state index >= 15 is 0 Å². The Morgan fingerprint density at radius 1 is 1.00 bits per heavy atom. The van der Waals surface area contributed by atoms with Crippen molar-refractivity contribution in [2.45, 2.75) is 19.0 Å². The van der Waals surface area contributed by atoms with Crippen molar-refractivity contribution in [2.75, 3.05) is 13.7 Å². The molecule has 1 N–H and O–H groups in total. The van der Waals surface area contributed by atoms with Crippen molar-refractivity contribution in [1.82, 2.24) is 15.3 Å². The van der Waals surface area contributed by atoms with Gasteiger partial charge in [-0.1, -0.05) is 54.6 Å². The van der Waals surface area contributed by atoms with Gasteiger partial charge in [0.2, 0.25) is 0 Å². The Bertz CT molecular complexity index is 1320. The molecule has 1 unspecified atom stereocenters. The van der Waals surface area contributed by atoms with Gasteiger partial charge in [-0.15, -0.1) is 0 Å². The Labute approximate surface area is 198 Å². The highest BCUT2D eigenvalue weighted by Gasteiger charge is 2.33. The van der Waals surface area contributed by atoms with Crippen molar-refractivity contribution in [3.05, 3.63) is 108 Å². The number of methoxy groups -OCH3 is 1. The SMILES string of the molecule is COc1ccc(C2CC(c3ccc4ccccc4c3)=NN2C(=O)CNCc2ccccn2)cc1. The van der Waals surface area contributed by atoms with Gasteiger partial charge in [-0.3, -0.25) is 9.78 Å². The van der Waals surface area contributed by atoms with Crippen LogP contribution in [0.2, 0.25) is 0 Å². The summed E-state index contributed by atoms with van der Waals surface area (Å²) < 4.78 is 5.31. The molecule has 2 heterocycles. The van der Waals surface area contributed by atoms with Crippen molar-refractivity contribution in [2.24, 2.45) is 5.10 Å². The molecular formula is C28H26N4O2. The third-order valence-electron chi connectivity index (χ3n) is 6.06. The summed E-state index contributed by atoms with van der Waals surface area (Å²) in [5.74, 6) is 0.708. The Kier molecular flexibility index (Phi) is 6.31. The van der Waals surface area contributed by atoms with E-state index in [0.717, 1.165) is 33.7 Å². The van der Waals surface area contributed by atoms with Gasteiger partial charge in [0, 0.05) is 19.2 Å². The van der Waals surface area contributed by atoms with Crippen molar-refractivity contribution < 1.29 is 9.53 Å². The molecule has 3 aromatic carbocycles. The van der Waals surface area contributed by atoms with Crippen LogP contribution in [0.5, 0.6) is 5.75 Å². The van der Waals surface area contributed by atoms with E-state index in [1.54, 1.807) is 18.3 Å². The van der Waals surface area contributed by atoms with Gasteiger partial charge < -0.3 is 10.1 Å². The number of benzene rings is 3. The lowest BCUT2D eigenvalue weighted by Crippen LogP contribution is -2.35. The number of pyridine rings is 1. The zero-order valence-electron chi connectivity index (χ0n) is 19.0. The normalized spacial score (nSPS) is 15.4. The van der Waals surface area contributed by atoms with E-state index in [1.807, 2.05) is 54.6 Å². The highest BCUT2D eigenvalue weighted by Crippen LogP contribution is 2.34. The third-order valence-corrected chi connectivity index (χ3v) is 6.06. The molecular weight excluding hydrogens is 424 g/mol. The molecule has 0 radical (unpaired) electrons. The fourth-order valence-electron chi connectivity index (χ4n) is 4.25. The highest BCUT2D eigenvalue weighted by molar-refractivity contribution is 6.05. The first-order valence-corrected chi connectivity index (χ1v) is 11.3. The number of fused-ring (bicyclic) bond motifs is 1. The Morgan fingerprint density at radius 2 is 1.79 bits per heavy atom. The lowest BCUT2D eigenvalue weighted by Gasteiger charge is -2.22. The molecule has 170 valence electrons. The second-order valence-corrected chi connectivity index (χ2v) is 8.26. The van der Waals surface area contributed by atoms with Crippen LogP contribution in [-0.2, 0) is 11.3 Å². The van der Waals surface area contributed by atoms with Gasteiger partial charge in [-0.05, 0) is 52.2 Å². The quantitative estimate of drug-likeness (QED) is 0.443. The van der Waals surface area contributed by atoms with Gasteiger partial charge >= 0.3 is 0 Å². The number of nitrogens with one attached hydrogen (secondary N) is 1. The molecule has 0 spiro atoms. The first-order chi connectivity index (χ1) is 16.7. The van der Waals surface area contributed by atoms with Gasteiger partial charge in [0.25, 0.3) is 5.91 Å². The van der Waals surface area contributed by atoms with Gasteiger partial charge in [-0.25, -0.2) is 5.01 Å². The number of carbonyl (C=O) groups is 1. The minimum absolute atomic E-state index is 0.0764. The monoisotopic (exact) mass is 450 g/mol. The summed E-state index contributed by atoms with van der Waals surface area (Å²) in [6.07, 6.45) is 2.40. The summed E-state index contributed by atoms with van der Waals surface area (Å²) in [6, 6.07) is 28.0. The number of hydrogen-bond donors (Lipinski definition) is 1. The smallest absolute Gasteiger partial charge is 0.257 e. The van der Waals surface area contributed by atoms with Crippen molar-refractivity contribution in [1.29, 1.82) is 0 Å². The van der Waals surface area contributed by atoms with Crippen LogP contribution in [0, 0.1) is 0 Å². The average molecular weight is 451 g/mol. The van der Waals surface area contributed by atoms with Gasteiger partial charge in [0.05, 0.1) is 31.1 Å². The van der Waals surface area contributed by atoms with Gasteiger partial charge in [-0.2, -0.15) is 5.10 Å². The molecule has 0 fully saturated rings. The van der Waals surface area contributed by atoms with Crippen LogP contribution >= 0.6 is 0 Å². The number of ether oxygens (including phenoxy) is 1. The number of amides is 1. The molecule has 6 heteroatoms. The molecule has 0 saturated heterocycles. The number of hydrazone groups is 1. The second-order valence-electron chi connectivity index (χ2n) is 8.26. The van der Waals surface area contributed by atoms with E-state index in [4.69, 9.17) is 9.84 Å². The number of nitrogens with zero attached hydrogens (tertiary/aromatic N) is 3. The molecule has 0 aliphatic carbocycles. The third kappa shape index (κ3) is 4.67. The fraction of sp³-hybridized carbons (Fsp3) is 0.179. The summed E-state index contributed by atoms with van der Waals surface area (Å²) >= 11 is 0. The molecule has 1 amide bonds. The minimum atomic E-state index is -0.170. The lowest BCUT2D eigenvalue weighted by atomic mass is 9.97. The van der Waals surface area contributed by atoms with Crippen molar-refractivity contribution >= 4 is 22.4 Å². The zero-order chi connectivity index (χ0) is 23.3. The maximum absolute atomic E-state index is 13.2. The van der Waals surface area contributed by atoms with E-state index in [-0.39, 0.29) is 18.5 Å². The van der Waals surface area contributed by atoms with Crippen molar-refractivity contribution in [3.63, 3.8) is 0 Å². The van der Waals surface area contributed by atoms with Crippen molar-refractivity contribution in [3.8, 4) is 5.75 Å². The summed E-state index contributed by atoms with van der Waals surface area (Å²) in [6.45, 7) is 0.701. The number of carbonyl (C=O) groups excluding carboxylic acids is 1. The summed E-state index contributed by atoms with van der Waals surface area (Å²) in [4.78, 5) is 17.5. The summed E-state index contributed by atoms with van der Waals surface area (Å²) in [5.41, 5.74) is 3.86. The minimum Gasteiger partial charge on any atom is -0.497 e. The van der Waals surface area contributed by atoms with E-state index in [0.29, 0.717) is 13.0 Å². The summed E-state index contributed by atoms with van der Waals surface area (Å²) in [7, 11) is 1.65. The zero-order valence-corrected chi connectivity index (χ0v) is 19.0. The topological polar surface area (TPSA) is 66.8 Å². The van der Waals surface area contributed by atoms with Crippen LogP contribution in [0.15, 0.2) is 96.2 Å². The Hall–Kier alpha value is -4.03. The first kappa shape index (κ1) is 21.8. The van der Waals surface area contributed by atoms with Crippen LogP contribution in [-0.4, -0.2) is 35.3 Å². The van der Waals surface area contributed by atoms with E-state index < -0.39 is 0 Å². The predicted octanol–water partition coefficient (Wildman–Crippen LogP) is 4.71. The van der Waals surface area contributed by atoms with Crippen LogP contribution in [0.3, 0.4) is 0 Å². The van der Waals surface area contributed by atoms with Gasteiger partial charge in [0.15, 0.2) is 0 Å². The standard InChI is InChI=1S/C28H26N4O2/c1-34-25-13-11-21(12-14-25)27-17-26(23-10-9-20-6-2-3-7-22(20)16-23)31-32(27)28(33)19-29-18-24-8-4-5-15-30-24/h2-16,27,29H,17-19H2,1H3. The molecule has 0 saturated carbocycles. The second kappa shape index (κ2) is 9.85. The largest absolute Gasteiger partial charge is 0.497 e. The predicted molar refractivity (Wildman–Crippen MR) is 134 cm³/mol. The Balaban J connectivity index is 1.39. The molecule has 1 atom stereocenters. The molecule has 1 aromatic heterocycles. The molecule has 1 aliphatic heterocycles. The van der Waals surface area contributed by atoms with Crippen LogP contribution in [0.25, 0.3) is 10.8 Å². The number of aromatic nitrogens is 1. The molecule has 0 bridgehead atoms. The molecule has 6 nitrogen and oxygen atoms in total. The first-order valence-electron chi connectivity index (χ1n) is 11.3.